The molecule has 0 nitrogen and oxygen atoms in total. The molecule has 5 heteroatoms. The molecule has 0 heterocycles. The zero-order valence-corrected chi connectivity index (χ0v) is 22.2. The van der Waals surface area contributed by atoms with Crippen molar-refractivity contribution in [1.82, 2.24) is 0 Å². The summed E-state index contributed by atoms with van der Waals surface area (Å²) in [6.07, 6.45) is 15.3. The average molecular weight is 523 g/mol. The van der Waals surface area contributed by atoms with Gasteiger partial charge in [0.25, 0.3) is 0 Å². The van der Waals surface area contributed by atoms with E-state index in [0.717, 1.165) is 61.1 Å². The zero-order chi connectivity index (χ0) is 25.7. The SMILES string of the molecule is CCCC1CCC(CCC2CCC(c3cc(F)c(CCc4cc(F)c(Cl)c(F)c4)c(F)c3)CC2)CC1. The summed E-state index contributed by atoms with van der Waals surface area (Å²) >= 11 is 5.51. The van der Waals surface area contributed by atoms with E-state index in [0.29, 0.717) is 5.56 Å². The van der Waals surface area contributed by atoms with Crippen molar-refractivity contribution in [3.63, 3.8) is 0 Å². The topological polar surface area (TPSA) is 0 Å². The fourth-order valence-electron chi connectivity index (χ4n) is 6.59. The van der Waals surface area contributed by atoms with Gasteiger partial charge in [-0.1, -0.05) is 69.9 Å². The Morgan fingerprint density at radius 3 is 1.61 bits per heavy atom. The third-order valence-electron chi connectivity index (χ3n) is 8.84. The highest BCUT2D eigenvalue weighted by Crippen LogP contribution is 2.41. The van der Waals surface area contributed by atoms with Gasteiger partial charge in [0.15, 0.2) is 0 Å². The summed E-state index contributed by atoms with van der Waals surface area (Å²) < 4.78 is 57.1. The van der Waals surface area contributed by atoms with Crippen molar-refractivity contribution in [3.05, 3.63) is 69.2 Å². The average Bonchev–Trinajstić information content (AvgIpc) is 2.86. The second-order valence-electron chi connectivity index (χ2n) is 11.3. The van der Waals surface area contributed by atoms with E-state index in [1.165, 1.54) is 63.5 Å². The van der Waals surface area contributed by atoms with Crippen LogP contribution in [0.5, 0.6) is 0 Å². The maximum absolute atomic E-state index is 14.9. The summed E-state index contributed by atoms with van der Waals surface area (Å²) in [4.78, 5) is 0. The smallest absolute Gasteiger partial charge is 0.145 e. The molecule has 0 bridgehead atoms. The van der Waals surface area contributed by atoms with Crippen LogP contribution in [0, 0.1) is 41.0 Å². The van der Waals surface area contributed by atoms with Gasteiger partial charge in [0, 0.05) is 5.56 Å². The molecule has 0 spiro atoms. The third kappa shape index (κ3) is 7.05. The van der Waals surface area contributed by atoms with Gasteiger partial charge in [-0.15, -0.1) is 0 Å². The molecule has 2 saturated carbocycles. The molecule has 0 aromatic heterocycles. The van der Waals surface area contributed by atoms with Crippen LogP contribution in [0.2, 0.25) is 5.02 Å². The van der Waals surface area contributed by atoms with Crippen LogP contribution in [0.3, 0.4) is 0 Å². The van der Waals surface area contributed by atoms with E-state index in [-0.39, 0.29) is 24.3 Å². The minimum Gasteiger partial charge on any atom is -0.207 e. The third-order valence-corrected chi connectivity index (χ3v) is 9.20. The number of hydrogen-bond donors (Lipinski definition) is 0. The van der Waals surface area contributed by atoms with Crippen molar-refractivity contribution in [2.75, 3.05) is 0 Å². The molecule has 0 N–H and O–H groups in total. The van der Waals surface area contributed by atoms with E-state index >= 15 is 0 Å². The normalized spacial score (nSPS) is 24.7. The molecule has 2 fully saturated rings. The molecule has 4 rings (SSSR count). The van der Waals surface area contributed by atoms with Crippen molar-refractivity contribution in [2.45, 2.75) is 103 Å². The molecule has 2 aromatic rings. The van der Waals surface area contributed by atoms with E-state index in [1.54, 1.807) is 0 Å². The summed E-state index contributed by atoms with van der Waals surface area (Å²) in [5.74, 6) is -0.0750. The molecule has 0 amide bonds. The predicted octanol–water partition coefficient (Wildman–Crippen LogP) is 10.3. The molecule has 0 radical (unpaired) electrons. The fraction of sp³-hybridized carbons (Fsp3) is 0.613. The first kappa shape index (κ1) is 27.5. The Bertz CT molecular complexity index is 958. The lowest BCUT2D eigenvalue weighted by molar-refractivity contribution is 0.224. The summed E-state index contributed by atoms with van der Waals surface area (Å²) in [5, 5.41) is -0.565. The highest BCUT2D eigenvalue weighted by atomic mass is 35.5. The second-order valence-corrected chi connectivity index (χ2v) is 11.7. The van der Waals surface area contributed by atoms with Crippen LogP contribution in [0.1, 0.15) is 107 Å². The monoisotopic (exact) mass is 522 g/mol. The zero-order valence-electron chi connectivity index (χ0n) is 21.4. The fourth-order valence-corrected chi connectivity index (χ4v) is 6.70. The molecule has 2 aliphatic rings. The van der Waals surface area contributed by atoms with Crippen LogP contribution in [-0.2, 0) is 12.8 Å². The highest BCUT2D eigenvalue weighted by molar-refractivity contribution is 6.30. The van der Waals surface area contributed by atoms with E-state index in [2.05, 4.69) is 6.92 Å². The Morgan fingerprint density at radius 1 is 0.639 bits per heavy atom. The van der Waals surface area contributed by atoms with Crippen molar-refractivity contribution >= 4 is 11.6 Å². The van der Waals surface area contributed by atoms with E-state index in [4.69, 9.17) is 11.6 Å². The van der Waals surface area contributed by atoms with Gasteiger partial charge in [0.1, 0.15) is 28.3 Å². The van der Waals surface area contributed by atoms with Gasteiger partial charge in [0.2, 0.25) is 0 Å². The summed E-state index contributed by atoms with van der Waals surface area (Å²) in [7, 11) is 0. The summed E-state index contributed by atoms with van der Waals surface area (Å²) in [6, 6.07) is 5.18. The van der Waals surface area contributed by atoms with Crippen LogP contribution in [0.25, 0.3) is 0 Å². The molecular weight excluding hydrogens is 484 g/mol. The van der Waals surface area contributed by atoms with Crippen molar-refractivity contribution in [1.29, 1.82) is 0 Å². The standard InChI is InChI=1S/C31H39ClF4/c1-2-3-20-4-6-21(7-5-20)8-9-22-10-13-24(14-11-22)25-18-27(33)26(28(34)19-25)15-12-23-16-29(35)31(32)30(36)17-23/h16-22,24H,2-15H2,1H3. The summed E-state index contributed by atoms with van der Waals surface area (Å²) in [6.45, 7) is 2.29. The van der Waals surface area contributed by atoms with Crippen molar-refractivity contribution in [3.8, 4) is 0 Å². The molecule has 0 unspecified atom stereocenters. The minimum absolute atomic E-state index is 0.0307. The largest absolute Gasteiger partial charge is 0.207 e. The van der Waals surface area contributed by atoms with Gasteiger partial charge in [0.05, 0.1) is 0 Å². The molecule has 2 aliphatic carbocycles. The Hall–Kier alpha value is -1.55. The van der Waals surface area contributed by atoms with Gasteiger partial charge in [-0.3, -0.25) is 0 Å². The quantitative estimate of drug-likeness (QED) is 0.227. The van der Waals surface area contributed by atoms with Gasteiger partial charge in [-0.05, 0) is 97.6 Å². The van der Waals surface area contributed by atoms with Gasteiger partial charge in [-0.2, -0.15) is 0 Å². The Balaban J connectivity index is 1.26. The van der Waals surface area contributed by atoms with Crippen molar-refractivity contribution < 1.29 is 17.6 Å². The van der Waals surface area contributed by atoms with Crippen LogP contribution in [0.4, 0.5) is 17.6 Å². The molecule has 0 atom stereocenters. The van der Waals surface area contributed by atoms with Crippen LogP contribution < -0.4 is 0 Å². The minimum atomic E-state index is -0.863. The maximum Gasteiger partial charge on any atom is 0.145 e. The Labute approximate surface area is 218 Å². The summed E-state index contributed by atoms with van der Waals surface area (Å²) in [5.41, 5.74) is 1.03. The Morgan fingerprint density at radius 2 is 1.11 bits per heavy atom. The number of hydrogen-bond acceptors (Lipinski definition) is 0. The lowest BCUT2D eigenvalue weighted by atomic mass is 9.74. The van der Waals surface area contributed by atoms with Gasteiger partial charge in [-0.25, -0.2) is 17.6 Å². The molecule has 198 valence electrons. The lowest BCUT2D eigenvalue weighted by Crippen LogP contribution is -2.18. The number of aryl methyl sites for hydroxylation is 1. The first-order valence-electron chi connectivity index (χ1n) is 13.9. The Kier molecular flexibility index (Phi) is 9.77. The molecular formula is C31H39ClF4. The molecule has 0 aliphatic heterocycles. The van der Waals surface area contributed by atoms with E-state index < -0.39 is 28.3 Å². The lowest BCUT2D eigenvalue weighted by Gasteiger charge is -2.32. The van der Waals surface area contributed by atoms with Gasteiger partial charge < -0.3 is 0 Å². The highest BCUT2D eigenvalue weighted by Gasteiger charge is 2.26. The number of halogens is 5. The van der Waals surface area contributed by atoms with Crippen LogP contribution >= 0.6 is 11.6 Å². The van der Waals surface area contributed by atoms with Crippen LogP contribution in [0.15, 0.2) is 24.3 Å². The molecule has 2 aromatic carbocycles. The first-order chi connectivity index (χ1) is 17.3. The van der Waals surface area contributed by atoms with Gasteiger partial charge >= 0.3 is 0 Å². The number of rotatable bonds is 9. The van der Waals surface area contributed by atoms with Crippen LogP contribution in [-0.4, -0.2) is 0 Å². The van der Waals surface area contributed by atoms with Crippen molar-refractivity contribution in [2.24, 2.45) is 17.8 Å². The first-order valence-corrected chi connectivity index (χ1v) is 14.3. The maximum atomic E-state index is 14.9. The van der Waals surface area contributed by atoms with E-state index in [9.17, 15) is 17.6 Å². The molecule has 36 heavy (non-hydrogen) atoms. The predicted molar refractivity (Wildman–Crippen MR) is 139 cm³/mol. The number of benzene rings is 2. The second kappa shape index (κ2) is 12.8. The molecule has 0 saturated heterocycles. The van der Waals surface area contributed by atoms with E-state index in [1.807, 2.05) is 0 Å².